The Morgan fingerprint density at radius 2 is 1.68 bits per heavy atom. The van der Waals surface area contributed by atoms with Crippen molar-refractivity contribution in [3.63, 3.8) is 0 Å². The molecule has 2 aromatic rings. The molecule has 222 valence electrons. The molecular weight excluding hydrogens is 524 g/mol. The quantitative estimate of drug-likeness (QED) is 0.297. The first-order valence-electron chi connectivity index (χ1n) is 13.5. The number of hydrogen-bond donors (Lipinski definition) is 5. The molecule has 2 fully saturated rings. The number of hydrogen-bond acceptors (Lipinski definition) is 11. The summed E-state index contributed by atoms with van der Waals surface area (Å²) >= 11 is 0. The summed E-state index contributed by atoms with van der Waals surface area (Å²) in [5.41, 5.74) is 0.692. The summed E-state index contributed by atoms with van der Waals surface area (Å²) in [4.78, 5) is 12.2. The molecule has 0 aliphatic carbocycles. The fourth-order valence-corrected chi connectivity index (χ4v) is 5.62. The van der Waals surface area contributed by atoms with Crippen molar-refractivity contribution in [3.05, 3.63) is 29.3 Å². The van der Waals surface area contributed by atoms with Crippen LogP contribution in [0.15, 0.2) is 18.2 Å². The van der Waals surface area contributed by atoms with Crippen LogP contribution in [0.1, 0.15) is 43.6 Å². The highest BCUT2D eigenvalue weighted by molar-refractivity contribution is 6.07. The highest BCUT2D eigenvalue weighted by Gasteiger charge is 2.47. The number of benzene rings is 2. The lowest BCUT2D eigenvalue weighted by Crippen LogP contribution is -2.61. The average Bonchev–Trinajstić information content (AvgIpc) is 2.91. The number of methoxy groups -OCH3 is 1. The minimum Gasteiger partial charge on any atom is -0.506 e. The van der Waals surface area contributed by atoms with Crippen molar-refractivity contribution in [2.75, 3.05) is 20.3 Å². The number of phenols is 1. The van der Waals surface area contributed by atoms with Gasteiger partial charge in [-0.2, -0.15) is 0 Å². The van der Waals surface area contributed by atoms with Crippen LogP contribution in [0.5, 0.6) is 17.2 Å². The summed E-state index contributed by atoms with van der Waals surface area (Å²) in [6, 6.07) is 4.86. The molecule has 0 saturated carbocycles. The molecular formula is C29H40O11. The predicted octanol–water partition coefficient (Wildman–Crippen LogP) is 1.89. The number of aryl methyl sites for hydroxylation is 1. The number of ether oxygens (including phenoxy) is 5. The Balaban J connectivity index is 1.58. The number of carbonyl (C=O) groups excluding carboxylic acids is 1. The molecule has 2 heterocycles. The van der Waals surface area contributed by atoms with E-state index < -0.39 is 49.7 Å². The van der Waals surface area contributed by atoms with Crippen molar-refractivity contribution < 1.29 is 54.0 Å². The van der Waals surface area contributed by atoms with Gasteiger partial charge in [0.1, 0.15) is 35.6 Å². The lowest BCUT2D eigenvalue weighted by atomic mass is 9.79. The summed E-state index contributed by atoms with van der Waals surface area (Å²) in [5.74, 6) is -0.0250. The van der Waals surface area contributed by atoms with Gasteiger partial charge in [-0.15, -0.1) is 0 Å². The van der Waals surface area contributed by atoms with Gasteiger partial charge in [-0.1, -0.05) is 26.8 Å². The van der Waals surface area contributed by atoms with Gasteiger partial charge in [0.25, 0.3) is 0 Å². The summed E-state index contributed by atoms with van der Waals surface area (Å²) in [6.07, 6.45) is -8.26. The Morgan fingerprint density at radius 1 is 0.975 bits per heavy atom. The van der Waals surface area contributed by atoms with E-state index in [-0.39, 0.29) is 52.6 Å². The van der Waals surface area contributed by atoms with E-state index in [0.717, 1.165) is 0 Å². The standard InChI is InChI=1S/C29H40O11/c1-12-7-17-8-18(36-6)9-19(23(17)24(32)22(12)16(5)31)38-27-20(10-30)40-29(26(34)25(27)33)37-11-21-14(3)13(2)15(4)28(35)39-21/h7-9,13-15,20-21,25-30,32-35H,10-11H2,1-6H3. The van der Waals surface area contributed by atoms with Crippen molar-refractivity contribution in [2.45, 2.75) is 77.7 Å². The zero-order valence-corrected chi connectivity index (χ0v) is 23.6. The van der Waals surface area contributed by atoms with Crippen molar-refractivity contribution in [1.29, 1.82) is 0 Å². The van der Waals surface area contributed by atoms with E-state index in [1.807, 2.05) is 20.8 Å². The second kappa shape index (κ2) is 12.2. The second-order valence-corrected chi connectivity index (χ2v) is 11.0. The summed E-state index contributed by atoms with van der Waals surface area (Å²) < 4.78 is 28.8. The van der Waals surface area contributed by atoms with Crippen LogP contribution in [0.2, 0.25) is 0 Å². The number of carbonyl (C=O) groups is 1. The highest BCUT2D eigenvalue weighted by atomic mass is 16.7. The Labute approximate surface area is 233 Å². The van der Waals surface area contributed by atoms with Crippen LogP contribution in [-0.2, 0) is 14.2 Å². The maximum atomic E-state index is 12.2. The minimum atomic E-state index is -1.56. The first-order chi connectivity index (χ1) is 18.9. The van der Waals surface area contributed by atoms with Gasteiger partial charge >= 0.3 is 0 Å². The van der Waals surface area contributed by atoms with Gasteiger partial charge < -0.3 is 49.2 Å². The topological polar surface area (TPSA) is 164 Å². The Bertz CT molecular complexity index is 1210. The third-order valence-corrected chi connectivity index (χ3v) is 8.45. The molecule has 2 aromatic carbocycles. The average molecular weight is 565 g/mol. The smallest absolute Gasteiger partial charge is 0.186 e. The molecule has 2 saturated heterocycles. The Kier molecular flexibility index (Phi) is 9.25. The van der Waals surface area contributed by atoms with Gasteiger partial charge in [0.2, 0.25) is 0 Å². The molecule has 2 aliphatic rings. The minimum absolute atomic E-state index is 0.0189. The number of phenolic OH excluding ortho intramolecular Hbond substituents is 1. The monoisotopic (exact) mass is 564 g/mol. The van der Waals surface area contributed by atoms with Crippen molar-refractivity contribution >= 4 is 16.6 Å². The van der Waals surface area contributed by atoms with Crippen molar-refractivity contribution in [1.82, 2.24) is 0 Å². The summed E-state index contributed by atoms with van der Waals surface area (Å²) in [7, 11) is 1.46. The van der Waals surface area contributed by atoms with E-state index in [2.05, 4.69) is 0 Å². The highest BCUT2D eigenvalue weighted by Crippen LogP contribution is 2.42. The van der Waals surface area contributed by atoms with Crippen molar-refractivity contribution in [3.8, 4) is 17.2 Å². The molecule has 11 heteroatoms. The van der Waals surface area contributed by atoms with Crippen LogP contribution in [0, 0.1) is 24.7 Å². The first kappa shape index (κ1) is 30.4. The van der Waals surface area contributed by atoms with E-state index >= 15 is 0 Å². The molecule has 0 aromatic heterocycles. The van der Waals surface area contributed by atoms with Gasteiger partial charge in [0.05, 0.1) is 37.4 Å². The number of Topliss-reactive ketones (excluding diaryl/α,β-unsaturated/α-hetero) is 1. The fourth-order valence-electron chi connectivity index (χ4n) is 5.62. The third kappa shape index (κ3) is 5.64. The molecule has 2 aliphatic heterocycles. The molecule has 40 heavy (non-hydrogen) atoms. The van der Waals surface area contributed by atoms with E-state index in [1.165, 1.54) is 20.1 Å². The zero-order chi connectivity index (χ0) is 29.5. The number of rotatable bonds is 8. The number of aromatic hydroxyl groups is 1. The zero-order valence-electron chi connectivity index (χ0n) is 23.6. The SMILES string of the molecule is COc1cc(OC2C(CO)OC(OCC3OC(O)C(C)C(C)C3C)C(O)C2O)c2c(O)c(C(C)=O)c(C)cc2c1. The van der Waals surface area contributed by atoms with Gasteiger partial charge in [0, 0.05) is 12.0 Å². The first-order valence-corrected chi connectivity index (χ1v) is 13.5. The van der Waals surface area contributed by atoms with Gasteiger partial charge in [-0.05, 0) is 42.7 Å². The molecule has 0 bridgehead atoms. The van der Waals surface area contributed by atoms with Crippen LogP contribution in [0.3, 0.4) is 0 Å². The van der Waals surface area contributed by atoms with Crippen molar-refractivity contribution in [2.24, 2.45) is 17.8 Å². The van der Waals surface area contributed by atoms with Crippen LogP contribution >= 0.6 is 0 Å². The maximum Gasteiger partial charge on any atom is 0.186 e. The second-order valence-electron chi connectivity index (χ2n) is 11.0. The van der Waals surface area contributed by atoms with Gasteiger partial charge in [0.15, 0.2) is 24.5 Å². The lowest BCUT2D eigenvalue weighted by molar-refractivity contribution is -0.312. The molecule has 11 nitrogen and oxygen atoms in total. The van der Waals surface area contributed by atoms with Crippen LogP contribution in [0.4, 0.5) is 0 Å². The number of aliphatic hydroxyl groups is 4. The molecule has 4 rings (SSSR count). The number of fused-ring (bicyclic) bond motifs is 1. The predicted molar refractivity (Wildman–Crippen MR) is 143 cm³/mol. The molecule has 10 atom stereocenters. The number of ketones is 1. The Hall–Kier alpha value is -2.51. The largest absolute Gasteiger partial charge is 0.506 e. The molecule has 0 radical (unpaired) electrons. The Morgan fingerprint density at radius 3 is 2.30 bits per heavy atom. The summed E-state index contributed by atoms with van der Waals surface area (Å²) in [6.45, 7) is 8.37. The van der Waals surface area contributed by atoms with Gasteiger partial charge in [-0.25, -0.2) is 0 Å². The lowest BCUT2D eigenvalue weighted by Gasteiger charge is -2.44. The van der Waals surface area contributed by atoms with Crippen LogP contribution < -0.4 is 9.47 Å². The number of aliphatic hydroxyl groups excluding tert-OH is 4. The van der Waals surface area contributed by atoms with E-state index in [4.69, 9.17) is 23.7 Å². The van der Waals surface area contributed by atoms with E-state index in [9.17, 15) is 30.3 Å². The summed E-state index contributed by atoms with van der Waals surface area (Å²) in [5, 5.41) is 54.1. The van der Waals surface area contributed by atoms with E-state index in [0.29, 0.717) is 16.7 Å². The molecule has 0 amide bonds. The fraction of sp³-hybridized carbons (Fsp3) is 0.621. The molecule has 10 unspecified atom stereocenters. The van der Waals surface area contributed by atoms with Crippen LogP contribution in [0.25, 0.3) is 10.8 Å². The maximum absolute atomic E-state index is 12.2. The van der Waals surface area contributed by atoms with Gasteiger partial charge in [-0.3, -0.25) is 4.79 Å². The van der Waals surface area contributed by atoms with Crippen LogP contribution in [-0.4, -0.2) is 94.7 Å². The molecule has 5 N–H and O–H groups in total. The third-order valence-electron chi connectivity index (χ3n) is 8.45. The molecule has 0 spiro atoms. The normalized spacial score (nSPS) is 34.5. The van der Waals surface area contributed by atoms with E-state index in [1.54, 1.807) is 19.1 Å².